The van der Waals surface area contributed by atoms with Crippen molar-refractivity contribution in [1.29, 1.82) is 0 Å². The van der Waals surface area contributed by atoms with Crippen LogP contribution in [-0.4, -0.2) is 24.5 Å². The van der Waals surface area contributed by atoms with E-state index in [0.29, 0.717) is 6.54 Å². The zero-order chi connectivity index (χ0) is 14.8. The second kappa shape index (κ2) is 5.96. The highest BCUT2D eigenvalue weighted by Gasteiger charge is 2.25. The van der Waals surface area contributed by atoms with Gasteiger partial charge in [-0.15, -0.1) is 0 Å². The number of benzene rings is 2. The number of aliphatic imine (C=N–C) groups is 1. The van der Waals surface area contributed by atoms with Crippen molar-refractivity contribution >= 4 is 34.8 Å². The summed E-state index contributed by atoms with van der Waals surface area (Å²) in [6, 6.07) is 15.7. The zero-order valence-electron chi connectivity index (χ0n) is 11.6. The van der Waals surface area contributed by atoms with Crippen LogP contribution in [0, 0.1) is 0 Å². The van der Waals surface area contributed by atoms with Crippen LogP contribution < -0.4 is 5.32 Å². The van der Waals surface area contributed by atoms with Crippen molar-refractivity contribution in [2.75, 3.05) is 18.9 Å². The van der Waals surface area contributed by atoms with Gasteiger partial charge in [-0.2, -0.15) is 0 Å². The number of rotatable bonds is 2. The van der Waals surface area contributed by atoms with Crippen LogP contribution in [0.5, 0.6) is 0 Å². The van der Waals surface area contributed by atoms with E-state index in [2.05, 4.69) is 21.3 Å². The average Bonchev–Trinajstić information content (AvgIpc) is 2.83. The Morgan fingerprint density at radius 1 is 1.10 bits per heavy atom. The van der Waals surface area contributed by atoms with Crippen LogP contribution in [0.3, 0.4) is 0 Å². The van der Waals surface area contributed by atoms with E-state index in [9.17, 15) is 0 Å². The molecule has 21 heavy (non-hydrogen) atoms. The molecule has 0 saturated heterocycles. The highest BCUT2D eigenvalue weighted by molar-refractivity contribution is 6.30. The Kier molecular flexibility index (Phi) is 4.04. The number of anilines is 1. The molecule has 1 unspecified atom stereocenters. The van der Waals surface area contributed by atoms with Gasteiger partial charge in [-0.25, -0.2) is 0 Å². The minimum absolute atomic E-state index is 0.207. The summed E-state index contributed by atoms with van der Waals surface area (Å²) in [5, 5.41) is 4.79. The summed E-state index contributed by atoms with van der Waals surface area (Å²) in [6.45, 7) is 0.715. The Hall–Kier alpha value is -1.71. The van der Waals surface area contributed by atoms with E-state index < -0.39 is 0 Å². The van der Waals surface area contributed by atoms with Gasteiger partial charge in [-0.1, -0.05) is 35.3 Å². The summed E-state index contributed by atoms with van der Waals surface area (Å²) < 4.78 is 0. The van der Waals surface area contributed by atoms with Gasteiger partial charge in [-0.05, 0) is 42.0 Å². The number of halogens is 2. The van der Waals surface area contributed by atoms with Crippen molar-refractivity contribution in [2.45, 2.75) is 6.04 Å². The van der Waals surface area contributed by atoms with E-state index in [-0.39, 0.29) is 6.04 Å². The molecule has 2 aromatic rings. The van der Waals surface area contributed by atoms with E-state index >= 15 is 0 Å². The zero-order valence-corrected chi connectivity index (χ0v) is 13.1. The molecule has 0 radical (unpaired) electrons. The van der Waals surface area contributed by atoms with Crippen molar-refractivity contribution in [3.05, 3.63) is 64.1 Å². The van der Waals surface area contributed by atoms with E-state index in [1.165, 1.54) is 5.56 Å². The summed E-state index contributed by atoms with van der Waals surface area (Å²) in [5.41, 5.74) is 2.14. The van der Waals surface area contributed by atoms with E-state index in [4.69, 9.17) is 23.2 Å². The van der Waals surface area contributed by atoms with Gasteiger partial charge in [0.15, 0.2) is 5.96 Å². The standard InChI is InChI=1S/C16H15Cl2N3/c1-21-15(11-3-2-4-13(18)9-11)10-19-16(21)20-14-7-5-12(17)6-8-14/h2-9,15H,10H2,1H3,(H,19,20). The third-order valence-corrected chi connectivity index (χ3v) is 4.04. The summed E-state index contributed by atoms with van der Waals surface area (Å²) in [4.78, 5) is 6.70. The second-order valence-corrected chi connectivity index (χ2v) is 5.85. The quantitative estimate of drug-likeness (QED) is 0.885. The molecule has 1 aliphatic rings. The molecular weight excluding hydrogens is 305 g/mol. The molecule has 0 spiro atoms. The molecule has 0 fully saturated rings. The molecule has 1 N–H and O–H groups in total. The second-order valence-electron chi connectivity index (χ2n) is 4.98. The summed E-state index contributed by atoms with van der Waals surface area (Å²) in [6.07, 6.45) is 0. The molecule has 1 aliphatic heterocycles. The average molecular weight is 320 g/mol. The lowest BCUT2D eigenvalue weighted by Gasteiger charge is -2.24. The molecule has 1 atom stereocenters. The highest BCUT2D eigenvalue weighted by Crippen LogP contribution is 2.27. The molecule has 0 amide bonds. The molecule has 3 nitrogen and oxygen atoms in total. The fourth-order valence-electron chi connectivity index (χ4n) is 2.39. The van der Waals surface area contributed by atoms with Crippen LogP contribution in [0.2, 0.25) is 10.0 Å². The van der Waals surface area contributed by atoms with Gasteiger partial charge in [0.05, 0.1) is 12.6 Å². The maximum Gasteiger partial charge on any atom is 0.198 e. The van der Waals surface area contributed by atoms with Gasteiger partial charge in [0.1, 0.15) is 0 Å². The predicted molar refractivity (Wildman–Crippen MR) is 89.3 cm³/mol. The van der Waals surface area contributed by atoms with Crippen LogP contribution >= 0.6 is 23.2 Å². The number of hydrogen-bond acceptors (Lipinski definition) is 3. The Morgan fingerprint density at radius 2 is 1.86 bits per heavy atom. The predicted octanol–water partition coefficient (Wildman–Crippen LogP) is 4.45. The van der Waals surface area contributed by atoms with E-state index in [1.54, 1.807) is 0 Å². The smallest absolute Gasteiger partial charge is 0.198 e. The minimum atomic E-state index is 0.207. The van der Waals surface area contributed by atoms with Crippen molar-refractivity contribution in [1.82, 2.24) is 4.90 Å². The Morgan fingerprint density at radius 3 is 2.57 bits per heavy atom. The summed E-state index contributed by atoms with van der Waals surface area (Å²) in [7, 11) is 2.03. The van der Waals surface area contributed by atoms with Crippen molar-refractivity contribution in [2.24, 2.45) is 4.99 Å². The molecule has 3 rings (SSSR count). The Labute approximate surface area is 134 Å². The van der Waals surface area contributed by atoms with Crippen molar-refractivity contribution < 1.29 is 0 Å². The SMILES string of the molecule is CN1C(Nc2ccc(Cl)cc2)=NCC1c1cccc(Cl)c1. The Balaban J connectivity index is 1.73. The van der Waals surface area contributed by atoms with Crippen LogP contribution in [0.15, 0.2) is 53.5 Å². The molecule has 5 heteroatoms. The molecular formula is C16H15Cl2N3. The molecule has 0 aliphatic carbocycles. The maximum atomic E-state index is 6.07. The highest BCUT2D eigenvalue weighted by atomic mass is 35.5. The van der Waals surface area contributed by atoms with E-state index in [1.807, 2.05) is 49.5 Å². The molecule has 0 saturated carbocycles. The van der Waals surface area contributed by atoms with Crippen LogP contribution in [-0.2, 0) is 0 Å². The van der Waals surface area contributed by atoms with Crippen LogP contribution in [0.4, 0.5) is 5.69 Å². The largest absolute Gasteiger partial charge is 0.337 e. The first kappa shape index (κ1) is 14.2. The van der Waals surface area contributed by atoms with E-state index in [0.717, 1.165) is 21.7 Å². The lowest BCUT2D eigenvalue weighted by molar-refractivity contribution is 0.416. The molecule has 1 heterocycles. The van der Waals surface area contributed by atoms with Gasteiger partial charge < -0.3 is 10.2 Å². The third-order valence-electron chi connectivity index (χ3n) is 3.55. The minimum Gasteiger partial charge on any atom is -0.337 e. The number of hydrogen-bond donors (Lipinski definition) is 1. The Bertz CT molecular complexity index is 667. The maximum absolute atomic E-state index is 6.07. The number of nitrogens with one attached hydrogen (secondary N) is 1. The van der Waals surface area contributed by atoms with Gasteiger partial charge in [0.25, 0.3) is 0 Å². The first-order valence-electron chi connectivity index (χ1n) is 6.69. The molecule has 2 aromatic carbocycles. The van der Waals surface area contributed by atoms with Crippen LogP contribution in [0.1, 0.15) is 11.6 Å². The van der Waals surface area contributed by atoms with Crippen molar-refractivity contribution in [3.63, 3.8) is 0 Å². The normalized spacial score (nSPS) is 17.8. The fraction of sp³-hybridized carbons (Fsp3) is 0.188. The van der Waals surface area contributed by atoms with Gasteiger partial charge >= 0.3 is 0 Å². The third kappa shape index (κ3) is 3.14. The number of nitrogens with zero attached hydrogens (tertiary/aromatic N) is 2. The summed E-state index contributed by atoms with van der Waals surface area (Å²) >= 11 is 12.0. The topological polar surface area (TPSA) is 27.6 Å². The fourth-order valence-corrected chi connectivity index (χ4v) is 2.71. The van der Waals surface area contributed by atoms with Crippen molar-refractivity contribution in [3.8, 4) is 0 Å². The number of guanidine groups is 1. The summed E-state index contributed by atoms with van der Waals surface area (Å²) in [5.74, 6) is 0.849. The lowest BCUT2D eigenvalue weighted by atomic mass is 10.1. The van der Waals surface area contributed by atoms with Gasteiger partial charge in [0.2, 0.25) is 0 Å². The monoisotopic (exact) mass is 319 g/mol. The van der Waals surface area contributed by atoms with Gasteiger partial charge in [0, 0.05) is 22.8 Å². The lowest BCUT2D eigenvalue weighted by Crippen LogP contribution is -2.31. The molecule has 0 bridgehead atoms. The molecule has 0 aromatic heterocycles. The van der Waals surface area contributed by atoms with Crippen LogP contribution in [0.25, 0.3) is 0 Å². The van der Waals surface area contributed by atoms with Gasteiger partial charge in [-0.3, -0.25) is 4.99 Å². The first-order chi connectivity index (χ1) is 10.1. The number of likely N-dealkylation sites (N-methyl/N-ethyl adjacent to an activating group) is 1. The first-order valence-corrected chi connectivity index (χ1v) is 7.44. The molecule has 108 valence electrons.